The molecule has 2 aromatic rings. The van der Waals surface area contributed by atoms with Gasteiger partial charge >= 0.3 is 5.97 Å². The van der Waals surface area contributed by atoms with Crippen LogP contribution in [0.3, 0.4) is 0 Å². The average Bonchev–Trinajstić information content (AvgIpc) is 2.60. The Balaban J connectivity index is 1.75. The molecule has 2 aromatic carbocycles. The standard InChI is InChI=1S/C18H16N2O3S2/c21-15-10-20(9-8-19-15)16(18(22)23)11-4-3-7-14-17(11)25-13-6-2-1-5-12(13)24-14/h1-7,16H,8-10H2,(H,19,21)(H,22,23)/t16-/m1/s1. The van der Waals surface area contributed by atoms with Crippen molar-refractivity contribution >= 4 is 35.4 Å². The van der Waals surface area contributed by atoms with Gasteiger partial charge in [-0.1, -0.05) is 47.8 Å². The number of benzene rings is 2. The largest absolute Gasteiger partial charge is 0.480 e. The van der Waals surface area contributed by atoms with Crippen LogP contribution in [0.4, 0.5) is 0 Å². The van der Waals surface area contributed by atoms with Gasteiger partial charge in [0.2, 0.25) is 5.91 Å². The van der Waals surface area contributed by atoms with Crippen LogP contribution in [0.2, 0.25) is 0 Å². The van der Waals surface area contributed by atoms with Crippen molar-refractivity contribution in [1.82, 2.24) is 10.2 Å². The van der Waals surface area contributed by atoms with E-state index in [1.54, 1.807) is 28.4 Å². The second-order valence-electron chi connectivity index (χ2n) is 5.89. The molecule has 0 bridgehead atoms. The fourth-order valence-corrected chi connectivity index (χ4v) is 5.56. The fourth-order valence-electron chi connectivity index (χ4n) is 3.15. The number of carbonyl (C=O) groups is 2. The molecule has 4 rings (SSSR count). The van der Waals surface area contributed by atoms with E-state index in [2.05, 4.69) is 17.4 Å². The number of carbonyl (C=O) groups excluding carboxylic acids is 1. The Morgan fingerprint density at radius 1 is 1.08 bits per heavy atom. The molecule has 2 aliphatic rings. The number of fused-ring (bicyclic) bond motifs is 2. The quantitative estimate of drug-likeness (QED) is 0.737. The number of aliphatic carboxylic acids is 1. The lowest BCUT2D eigenvalue weighted by Crippen LogP contribution is -2.50. The minimum atomic E-state index is -0.924. The van der Waals surface area contributed by atoms with E-state index in [0.29, 0.717) is 13.1 Å². The number of hydrogen-bond acceptors (Lipinski definition) is 5. The number of carboxylic acids is 1. The molecule has 25 heavy (non-hydrogen) atoms. The number of carboxylic acid groups (broad SMARTS) is 1. The zero-order valence-corrected chi connectivity index (χ0v) is 14.9. The summed E-state index contributed by atoms with van der Waals surface area (Å²) < 4.78 is 0. The molecule has 0 radical (unpaired) electrons. The van der Waals surface area contributed by atoms with E-state index in [9.17, 15) is 14.7 Å². The summed E-state index contributed by atoms with van der Waals surface area (Å²) in [4.78, 5) is 29.9. The molecule has 1 saturated heterocycles. The van der Waals surface area contributed by atoms with E-state index in [0.717, 1.165) is 20.2 Å². The van der Waals surface area contributed by atoms with Gasteiger partial charge < -0.3 is 10.4 Å². The third-order valence-electron chi connectivity index (χ3n) is 4.25. The second-order valence-corrected chi connectivity index (χ2v) is 8.02. The lowest BCUT2D eigenvalue weighted by molar-refractivity contribution is -0.145. The molecule has 2 N–H and O–H groups in total. The summed E-state index contributed by atoms with van der Waals surface area (Å²) >= 11 is 3.27. The molecule has 1 atom stereocenters. The predicted molar refractivity (Wildman–Crippen MR) is 96.1 cm³/mol. The SMILES string of the molecule is O=C1CN([C@@H](C(=O)O)c2cccc3c2Sc2ccccc2S3)CCN1. The number of hydrogen-bond donors (Lipinski definition) is 2. The molecule has 7 heteroatoms. The first-order chi connectivity index (χ1) is 12.1. The Kier molecular flexibility index (Phi) is 4.45. The van der Waals surface area contributed by atoms with Crippen LogP contribution >= 0.6 is 23.5 Å². The maximum atomic E-state index is 12.0. The topological polar surface area (TPSA) is 69.6 Å². The Morgan fingerprint density at radius 2 is 1.80 bits per heavy atom. The summed E-state index contributed by atoms with van der Waals surface area (Å²) in [5.41, 5.74) is 0.756. The summed E-state index contributed by atoms with van der Waals surface area (Å²) in [6.45, 7) is 1.11. The van der Waals surface area contributed by atoms with Crippen LogP contribution in [0.15, 0.2) is 62.0 Å². The highest BCUT2D eigenvalue weighted by Gasteiger charge is 2.34. The first-order valence-corrected chi connectivity index (χ1v) is 9.58. The van der Waals surface area contributed by atoms with Crippen LogP contribution in [0, 0.1) is 0 Å². The predicted octanol–water partition coefficient (Wildman–Crippen LogP) is 2.86. The van der Waals surface area contributed by atoms with Gasteiger partial charge in [-0.2, -0.15) is 0 Å². The number of piperazine rings is 1. The molecule has 2 aliphatic heterocycles. The van der Waals surface area contributed by atoms with Crippen molar-refractivity contribution in [2.45, 2.75) is 25.6 Å². The average molecular weight is 372 g/mol. The normalized spacial score (nSPS) is 18.0. The molecule has 0 saturated carbocycles. The minimum absolute atomic E-state index is 0.106. The highest BCUT2D eigenvalue weighted by atomic mass is 32.2. The second kappa shape index (κ2) is 6.74. The maximum Gasteiger partial charge on any atom is 0.325 e. The van der Waals surface area contributed by atoms with Gasteiger partial charge in [0, 0.05) is 32.7 Å². The van der Waals surface area contributed by atoms with E-state index >= 15 is 0 Å². The smallest absolute Gasteiger partial charge is 0.325 e. The van der Waals surface area contributed by atoms with Crippen molar-refractivity contribution in [2.75, 3.05) is 19.6 Å². The van der Waals surface area contributed by atoms with Gasteiger partial charge in [-0.15, -0.1) is 0 Å². The highest BCUT2D eigenvalue weighted by Crippen LogP contribution is 2.51. The molecule has 0 unspecified atom stereocenters. The number of nitrogens with one attached hydrogen (secondary N) is 1. The number of rotatable bonds is 3. The molecule has 5 nitrogen and oxygen atoms in total. The van der Waals surface area contributed by atoms with Gasteiger partial charge in [0.25, 0.3) is 0 Å². The van der Waals surface area contributed by atoms with Crippen LogP contribution in [0.25, 0.3) is 0 Å². The van der Waals surface area contributed by atoms with Crippen molar-refractivity contribution in [3.05, 3.63) is 48.0 Å². The zero-order chi connectivity index (χ0) is 17.4. The summed E-state index contributed by atoms with van der Waals surface area (Å²) in [7, 11) is 0. The van der Waals surface area contributed by atoms with Crippen molar-refractivity contribution in [1.29, 1.82) is 0 Å². The maximum absolute atomic E-state index is 12.0. The van der Waals surface area contributed by atoms with E-state index in [4.69, 9.17) is 0 Å². The first-order valence-electron chi connectivity index (χ1n) is 7.94. The van der Waals surface area contributed by atoms with Crippen LogP contribution in [-0.4, -0.2) is 41.5 Å². The monoisotopic (exact) mass is 372 g/mol. The Labute approximate surface area is 153 Å². The molecular weight excluding hydrogens is 356 g/mol. The Morgan fingerprint density at radius 3 is 2.52 bits per heavy atom. The Bertz CT molecular complexity index is 856. The van der Waals surface area contributed by atoms with Gasteiger partial charge in [-0.05, 0) is 23.8 Å². The molecule has 0 spiro atoms. The molecule has 1 fully saturated rings. The van der Waals surface area contributed by atoms with Crippen molar-refractivity contribution in [2.24, 2.45) is 0 Å². The van der Waals surface area contributed by atoms with Gasteiger partial charge in [-0.3, -0.25) is 14.5 Å². The van der Waals surface area contributed by atoms with Crippen molar-refractivity contribution in [3.63, 3.8) is 0 Å². The molecule has 2 heterocycles. The lowest BCUT2D eigenvalue weighted by Gasteiger charge is -2.33. The number of amides is 1. The molecular formula is C18H16N2O3S2. The third kappa shape index (κ3) is 3.15. The molecule has 1 amide bonds. The third-order valence-corrected chi connectivity index (χ3v) is 6.88. The molecule has 0 aliphatic carbocycles. The van der Waals surface area contributed by atoms with E-state index in [-0.39, 0.29) is 12.5 Å². The van der Waals surface area contributed by atoms with Gasteiger partial charge in [0.1, 0.15) is 6.04 Å². The summed E-state index contributed by atoms with van der Waals surface area (Å²) in [6.07, 6.45) is 0. The van der Waals surface area contributed by atoms with E-state index in [1.165, 1.54) is 4.90 Å². The van der Waals surface area contributed by atoms with Gasteiger partial charge in [0.15, 0.2) is 0 Å². The summed E-state index contributed by atoms with van der Waals surface area (Å²) in [5.74, 6) is -1.05. The zero-order valence-electron chi connectivity index (χ0n) is 13.3. The van der Waals surface area contributed by atoms with E-state index < -0.39 is 12.0 Å². The minimum Gasteiger partial charge on any atom is -0.480 e. The number of nitrogens with zero attached hydrogens (tertiary/aromatic N) is 1. The summed E-state index contributed by atoms with van der Waals surface area (Å²) in [6, 6.07) is 13.1. The summed E-state index contributed by atoms with van der Waals surface area (Å²) in [5, 5.41) is 12.6. The highest BCUT2D eigenvalue weighted by molar-refractivity contribution is 8.05. The van der Waals surface area contributed by atoms with Crippen molar-refractivity contribution in [3.8, 4) is 0 Å². The first kappa shape index (κ1) is 16.5. The van der Waals surface area contributed by atoms with Crippen LogP contribution < -0.4 is 5.32 Å². The molecule has 0 aromatic heterocycles. The van der Waals surface area contributed by atoms with Crippen molar-refractivity contribution < 1.29 is 14.7 Å². The van der Waals surface area contributed by atoms with Gasteiger partial charge in [0.05, 0.1) is 6.54 Å². The van der Waals surface area contributed by atoms with Crippen LogP contribution in [0.1, 0.15) is 11.6 Å². The van der Waals surface area contributed by atoms with Crippen LogP contribution in [0.5, 0.6) is 0 Å². The Hall–Kier alpha value is -1.96. The fraction of sp³-hybridized carbons (Fsp3) is 0.222. The van der Waals surface area contributed by atoms with Gasteiger partial charge in [-0.25, -0.2) is 0 Å². The van der Waals surface area contributed by atoms with Crippen LogP contribution in [-0.2, 0) is 9.59 Å². The molecule has 128 valence electrons. The van der Waals surface area contributed by atoms with E-state index in [1.807, 2.05) is 30.3 Å². The lowest BCUT2D eigenvalue weighted by atomic mass is 10.0.